The number of carbonyl (C=O) groups is 1. The summed E-state index contributed by atoms with van der Waals surface area (Å²) in [7, 11) is 1.29. The summed E-state index contributed by atoms with van der Waals surface area (Å²) in [6, 6.07) is 7.61. The van der Waals surface area contributed by atoms with Crippen LogP contribution in [0.3, 0.4) is 0 Å². The Morgan fingerprint density at radius 1 is 1.30 bits per heavy atom. The monoisotopic (exact) mass is 316 g/mol. The highest BCUT2D eigenvalue weighted by molar-refractivity contribution is 5.77. The summed E-state index contributed by atoms with van der Waals surface area (Å²) in [4.78, 5) is 24.6. The van der Waals surface area contributed by atoms with Crippen LogP contribution in [0.1, 0.15) is 35.2 Å². The van der Waals surface area contributed by atoms with E-state index in [9.17, 15) is 14.7 Å². The van der Waals surface area contributed by atoms with Gasteiger partial charge in [0.15, 0.2) is 0 Å². The average Bonchev–Trinajstić information content (AvgIpc) is 2.85. The van der Waals surface area contributed by atoms with Gasteiger partial charge in [-0.3, -0.25) is 14.7 Å². The standard InChI is InChI=1S/C17H20N2O4/c1-9-4-6-10(7-5-9)12-13-11(18-19-15(13)20)8-17(2,22)14(12)16(21)23-3/h4-7,12,14,22H,8H2,1-3H3,(H2,18,19,20)/t12-,14+,17-/m1/s1. The Balaban J connectivity index is 2.24. The molecule has 0 bridgehead atoms. The molecular weight excluding hydrogens is 296 g/mol. The molecule has 1 aromatic carbocycles. The molecule has 2 aromatic rings. The highest BCUT2D eigenvalue weighted by Gasteiger charge is 2.50. The van der Waals surface area contributed by atoms with Crippen LogP contribution in [-0.4, -0.2) is 34.0 Å². The Hall–Kier alpha value is -2.34. The maximum atomic E-state index is 12.4. The highest BCUT2D eigenvalue weighted by atomic mass is 16.5. The molecule has 0 amide bonds. The number of H-pyrrole nitrogens is 2. The number of aromatic nitrogens is 2. The molecule has 1 aromatic heterocycles. The number of carbonyl (C=O) groups excluding carboxylic acids is 1. The maximum absolute atomic E-state index is 12.4. The van der Waals surface area contributed by atoms with E-state index in [1.54, 1.807) is 6.92 Å². The topological polar surface area (TPSA) is 95.2 Å². The fourth-order valence-corrected chi connectivity index (χ4v) is 3.52. The second-order valence-corrected chi connectivity index (χ2v) is 6.39. The Morgan fingerprint density at radius 3 is 2.57 bits per heavy atom. The number of methoxy groups -OCH3 is 1. The van der Waals surface area contributed by atoms with Gasteiger partial charge in [0.25, 0.3) is 5.56 Å². The Kier molecular flexibility index (Phi) is 3.64. The second kappa shape index (κ2) is 5.38. The first-order valence-corrected chi connectivity index (χ1v) is 7.51. The third kappa shape index (κ3) is 2.49. The number of ether oxygens (including phenoxy) is 1. The summed E-state index contributed by atoms with van der Waals surface area (Å²) < 4.78 is 4.91. The van der Waals surface area contributed by atoms with Crippen molar-refractivity contribution in [2.24, 2.45) is 5.92 Å². The summed E-state index contributed by atoms with van der Waals surface area (Å²) >= 11 is 0. The molecule has 122 valence electrons. The van der Waals surface area contributed by atoms with Crippen molar-refractivity contribution in [3.63, 3.8) is 0 Å². The van der Waals surface area contributed by atoms with E-state index in [0.29, 0.717) is 11.3 Å². The molecule has 3 N–H and O–H groups in total. The number of esters is 1. The van der Waals surface area contributed by atoms with Crippen LogP contribution in [0, 0.1) is 12.8 Å². The van der Waals surface area contributed by atoms with Gasteiger partial charge in [0, 0.05) is 23.6 Å². The first-order valence-electron chi connectivity index (χ1n) is 7.51. The third-order valence-electron chi connectivity index (χ3n) is 4.64. The lowest BCUT2D eigenvalue weighted by atomic mass is 9.66. The van der Waals surface area contributed by atoms with E-state index in [2.05, 4.69) is 10.2 Å². The lowest BCUT2D eigenvalue weighted by molar-refractivity contribution is -0.156. The average molecular weight is 316 g/mol. The fourth-order valence-electron chi connectivity index (χ4n) is 3.52. The van der Waals surface area contributed by atoms with Gasteiger partial charge in [-0.1, -0.05) is 29.8 Å². The molecule has 3 rings (SSSR count). The molecule has 0 radical (unpaired) electrons. The van der Waals surface area contributed by atoms with E-state index >= 15 is 0 Å². The van der Waals surface area contributed by atoms with Gasteiger partial charge in [0.05, 0.1) is 18.6 Å². The van der Waals surface area contributed by atoms with Gasteiger partial charge in [-0.05, 0) is 19.4 Å². The summed E-state index contributed by atoms with van der Waals surface area (Å²) in [5.74, 6) is -1.93. The number of aryl methyl sites for hydroxylation is 1. The SMILES string of the molecule is COC(=O)[C@@H]1[C@H](c2ccc(C)cc2)c2c([nH][nH]c2=O)C[C@@]1(C)O. The molecule has 3 atom stereocenters. The van der Waals surface area contributed by atoms with Gasteiger partial charge in [-0.25, -0.2) is 0 Å². The zero-order valence-corrected chi connectivity index (χ0v) is 13.3. The van der Waals surface area contributed by atoms with Crippen LogP contribution < -0.4 is 5.56 Å². The number of aromatic amines is 2. The number of rotatable bonds is 2. The minimum absolute atomic E-state index is 0.184. The van der Waals surface area contributed by atoms with E-state index in [1.165, 1.54) is 7.11 Å². The predicted molar refractivity (Wildman–Crippen MR) is 84.3 cm³/mol. The van der Waals surface area contributed by atoms with Gasteiger partial charge in [-0.15, -0.1) is 0 Å². The molecule has 6 heteroatoms. The normalized spacial score (nSPS) is 26.6. The van der Waals surface area contributed by atoms with Gasteiger partial charge in [-0.2, -0.15) is 0 Å². The van der Waals surface area contributed by atoms with Crippen LogP contribution in [-0.2, 0) is 16.0 Å². The number of hydrogen-bond acceptors (Lipinski definition) is 4. The number of fused-ring (bicyclic) bond motifs is 1. The number of benzene rings is 1. The summed E-state index contributed by atoms with van der Waals surface area (Å²) in [6.07, 6.45) is 0.184. The van der Waals surface area contributed by atoms with Crippen molar-refractivity contribution in [2.75, 3.05) is 7.11 Å². The number of hydrogen-bond donors (Lipinski definition) is 3. The van der Waals surface area contributed by atoms with Gasteiger partial charge >= 0.3 is 5.97 Å². The first kappa shape index (κ1) is 15.6. The van der Waals surface area contributed by atoms with Gasteiger partial charge in [0.2, 0.25) is 0 Å². The van der Waals surface area contributed by atoms with Crippen LogP contribution in [0.15, 0.2) is 29.1 Å². The van der Waals surface area contributed by atoms with Crippen LogP contribution in [0.5, 0.6) is 0 Å². The van der Waals surface area contributed by atoms with Crippen molar-refractivity contribution in [3.8, 4) is 0 Å². The van der Waals surface area contributed by atoms with E-state index < -0.39 is 23.4 Å². The molecule has 0 fully saturated rings. The zero-order chi connectivity index (χ0) is 16.8. The molecule has 0 spiro atoms. The molecule has 23 heavy (non-hydrogen) atoms. The number of aliphatic hydroxyl groups is 1. The highest BCUT2D eigenvalue weighted by Crippen LogP contribution is 2.44. The van der Waals surface area contributed by atoms with E-state index in [4.69, 9.17) is 4.74 Å². The summed E-state index contributed by atoms with van der Waals surface area (Å²) in [6.45, 7) is 3.57. The molecule has 1 aliphatic rings. The van der Waals surface area contributed by atoms with E-state index in [-0.39, 0.29) is 12.0 Å². The number of nitrogens with one attached hydrogen (secondary N) is 2. The van der Waals surface area contributed by atoms with Crippen LogP contribution in [0.2, 0.25) is 0 Å². The smallest absolute Gasteiger partial charge is 0.312 e. The Labute approximate surface area is 133 Å². The lowest BCUT2D eigenvalue weighted by Gasteiger charge is -2.40. The van der Waals surface area contributed by atoms with Crippen molar-refractivity contribution in [1.82, 2.24) is 10.2 Å². The minimum atomic E-state index is -1.32. The van der Waals surface area contributed by atoms with Crippen LogP contribution in [0.4, 0.5) is 0 Å². The van der Waals surface area contributed by atoms with Crippen LogP contribution in [0.25, 0.3) is 0 Å². The molecule has 0 saturated carbocycles. The van der Waals surface area contributed by atoms with Crippen molar-refractivity contribution in [2.45, 2.75) is 31.8 Å². The van der Waals surface area contributed by atoms with Gasteiger partial charge in [0.1, 0.15) is 0 Å². The fraction of sp³-hybridized carbons (Fsp3) is 0.412. The van der Waals surface area contributed by atoms with E-state index in [0.717, 1.165) is 11.1 Å². The molecule has 6 nitrogen and oxygen atoms in total. The first-order chi connectivity index (χ1) is 10.8. The molecule has 1 heterocycles. The molecule has 0 unspecified atom stereocenters. The summed E-state index contributed by atoms with van der Waals surface area (Å²) in [5, 5.41) is 16.2. The molecule has 0 aliphatic heterocycles. The van der Waals surface area contributed by atoms with Crippen molar-refractivity contribution in [3.05, 3.63) is 57.0 Å². The third-order valence-corrected chi connectivity index (χ3v) is 4.64. The Morgan fingerprint density at radius 2 is 1.96 bits per heavy atom. The molecule has 0 saturated heterocycles. The maximum Gasteiger partial charge on any atom is 0.312 e. The lowest BCUT2D eigenvalue weighted by Crippen LogP contribution is -2.49. The predicted octanol–water partition coefficient (Wildman–Crippen LogP) is 1.24. The zero-order valence-electron chi connectivity index (χ0n) is 13.3. The van der Waals surface area contributed by atoms with Crippen LogP contribution >= 0.6 is 0 Å². The van der Waals surface area contributed by atoms with Gasteiger partial charge < -0.3 is 14.9 Å². The quantitative estimate of drug-likeness (QED) is 0.726. The Bertz CT molecular complexity index is 786. The largest absolute Gasteiger partial charge is 0.469 e. The second-order valence-electron chi connectivity index (χ2n) is 6.39. The molecule has 1 aliphatic carbocycles. The van der Waals surface area contributed by atoms with Crippen molar-refractivity contribution >= 4 is 5.97 Å². The van der Waals surface area contributed by atoms with E-state index in [1.807, 2.05) is 31.2 Å². The van der Waals surface area contributed by atoms with Crippen molar-refractivity contribution in [1.29, 1.82) is 0 Å². The van der Waals surface area contributed by atoms with Crippen molar-refractivity contribution < 1.29 is 14.6 Å². The minimum Gasteiger partial charge on any atom is -0.469 e. The summed E-state index contributed by atoms with van der Waals surface area (Å²) in [5.41, 5.74) is 1.42. The molecular formula is C17H20N2O4.